The first kappa shape index (κ1) is 17.4. The second kappa shape index (κ2) is 6.63. The fourth-order valence-corrected chi connectivity index (χ4v) is 4.21. The van der Waals surface area contributed by atoms with Gasteiger partial charge in [-0.25, -0.2) is 0 Å². The number of allylic oxidation sites excluding steroid dienone is 2. The lowest BCUT2D eigenvalue weighted by atomic mass is 9.84. The Morgan fingerprint density at radius 1 is 1.27 bits per heavy atom. The third-order valence-corrected chi connectivity index (χ3v) is 5.59. The monoisotopic (exact) mass is 375 g/mol. The number of carbonyl (C=O) groups is 1. The molecule has 2 aliphatic heterocycles. The molecule has 1 N–H and O–H groups in total. The van der Waals surface area contributed by atoms with Gasteiger partial charge in [0.25, 0.3) is 5.91 Å². The molecule has 1 fully saturated rings. The van der Waals surface area contributed by atoms with Crippen LogP contribution >= 0.6 is 11.6 Å². The third kappa shape index (κ3) is 2.53. The summed E-state index contributed by atoms with van der Waals surface area (Å²) in [6.07, 6.45) is 6.40. The molecule has 1 atom stereocenters. The van der Waals surface area contributed by atoms with Gasteiger partial charge in [0.2, 0.25) is 6.79 Å². The van der Waals surface area contributed by atoms with Gasteiger partial charge in [-0.15, -0.1) is 0 Å². The first-order valence-electron chi connectivity index (χ1n) is 9.11. The highest BCUT2D eigenvalue weighted by molar-refractivity contribution is 6.31. The van der Waals surface area contributed by atoms with E-state index in [-0.39, 0.29) is 12.7 Å². The number of aliphatic hydroxyl groups is 1. The van der Waals surface area contributed by atoms with Crippen LogP contribution in [0.25, 0.3) is 0 Å². The van der Waals surface area contributed by atoms with Crippen LogP contribution in [0.4, 0.5) is 0 Å². The zero-order chi connectivity index (χ0) is 18.3. The molecule has 6 heteroatoms. The average Bonchev–Trinajstić information content (AvgIpc) is 3.19. The Kier molecular flexibility index (Phi) is 4.45. The molecule has 1 unspecified atom stereocenters. The van der Waals surface area contributed by atoms with Crippen LogP contribution in [-0.4, -0.2) is 29.3 Å². The summed E-state index contributed by atoms with van der Waals surface area (Å²) in [5, 5.41) is 12.1. The van der Waals surface area contributed by atoms with Crippen LogP contribution < -0.4 is 9.47 Å². The summed E-state index contributed by atoms with van der Waals surface area (Å²) in [6.45, 7) is 2.85. The number of carbonyl (C=O) groups excluding carboxylic acids is 1. The van der Waals surface area contributed by atoms with Crippen molar-refractivity contribution in [3.05, 3.63) is 46.1 Å². The predicted octanol–water partition coefficient (Wildman–Crippen LogP) is 3.81. The predicted molar refractivity (Wildman–Crippen MR) is 97.9 cm³/mol. The lowest BCUT2D eigenvalue weighted by Crippen LogP contribution is -2.38. The van der Waals surface area contributed by atoms with Crippen LogP contribution in [0.1, 0.15) is 44.6 Å². The van der Waals surface area contributed by atoms with E-state index in [9.17, 15) is 9.90 Å². The Hall–Kier alpha value is -1.98. The molecule has 0 radical (unpaired) electrons. The quantitative estimate of drug-likeness (QED) is 0.795. The van der Waals surface area contributed by atoms with Crippen molar-refractivity contribution >= 4 is 17.5 Å². The molecule has 0 aromatic heterocycles. The van der Waals surface area contributed by atoms with Crippen LogP contribution in [0.2, 0.25) is 0 Å². The number of halogens is 1. The molecule has 4 rings (SSSR count). The van der Waals surface area contributed by atoms with Gasteiger partial charge in [-0.3, -0.25) is 4.79 Å². The molecule has 1 aliphatic carbocycles. The number of likely N-dealkylation sites (tertiary alicyclic amines) is 1. The number of nitrogens with zero attached hydrogens (tertiary/aromatic N) is 1. The summed E-state index contributed by atoms with van der Waals surface area (Å²) in [4.78, 5) is 15.0. The van der Waals surface area contributed by atoms with Crippen molar-refractivity contribution in [3.8, 4) is 11.5 Å². The van der Waals surface area contributed by atoms with E-state index in [1.54, 1.807) is 23.1 Å². The van der Waals surface area contributed by atoms with Crippen molar-refractivity contribution < 1.29 is 19.4 Å². The topological polar surface area (TPSA) is 59.0 Å². The first-order chi connectivity index (χ1) is 12.6. The summed E-state index contributed by atoms with van der Waals surface area (Å²) in [5.41, 5.74) is -0.0460. The van der Waals surface area contributed by atoms with Gasteiger partial charge in [0.1, 0.15) is 0 Å². The van der Waals surface area contributed by atoms with Gasteiger partial charge in [-0.2, -0.15) is 0 Å². The number of benzene rings is 1. The van der Waals surface area contributed by atoms with E-state index < -0.39 is 5.60 Å². The van der Waals surface area contributed by atoms with Gasteiger partial charge < -0.3 is 19.5 Å². The molecule has 1 aromatic rings. The maximum atomic E-state index is 13.3. The van der Waals surface area contributed by atoms with Gasteiger partial charge in [-0.05, 0) is 31.4 Å². The molecule has 1 amide bonds. The Labute approximate surface area is 157 Å². The number of unbranched alkanes of at least 4 members (excludes halogenated alkanes) is 2. The van der Waals surface area contributed by atoms with Crippen molar-refractivity contribution in [2.75, 3.05) is 13.3 Å². The highest BCUT2D eigenvalue weighted by atomic mass is 35.5. The number of amides is 1. The number of ether oxygens (including phenoxy) is 2. The minimum Gasteiger partial charge on any atom is -0.454 e. The van der Waals surface area contributed by atoms with Crippen LogP contribution in [0, 0.1) is 0 Å². The summed E-state index contributed by atoms with van der Waals surface area (Å²) in [5.74, 6) is 0.807. The van der Waals surface area contributed by atoms with E-state index >= 15 is 0 Å². The smallest absolute Gasteiger partial charge is 0.268 e. The molecule has 3 aliphatic rings. The highest BCUT2D eigenvalue weighted by Crippen LogP contribution is 2.50. The standard InChI is InChI=1S/C20H22ClNO4/c1-2-3-4-10-22-15-7-5-6-14(21)18(15)20(24,19(22)23)13-8-9-16-17(11-13)26-12-25-16/h7-9,11,24H,2-6,10,12H2,1H3. The summed E-state index contributed by atoms with van der Waals surface area (Å²) < 4.78 is 10.8. The molecule has 5 nitrogen and oxygen atoms in total. The maximum Gasteiger partial charge on any atom is 0.268 e. The van der Waals surface area contributed by atoms with Crippen LogP contribution in [0.5, 0.6) is 11.5 Å². The molecule has 0 spiro atoms. The third-order valence-electron chi connectivity index (χ3n) is 5.21. The molecule has 1 aromatic carbocycles. The molecule has 0 saturated carbocycles. The molecule has 138 valence electrons. The molecular weight excluding hydrogens is 354 g/mol. The lowest BCUT2D eigenvalue weighted by molar-refractivity contribution is -0.141. The van der Waals surface area contributed by atoms with Crippen molar-refractivity contribution in [2.45, 2.75) is 44.6 Å². The van der Waals surface area contributed by atoms with E-state index in [4.69, 9.17) is 21.1 Å². The Balaban J connectivity index is 1.78. The van der Waals surface area contributed by atoms with Gasteiger partial charge in [0.15, 0.2) is 17.1 Å². The fourth-order valence-electron chi connectivity index (χ4n) is 3.87. The molecular formula is C20H22ClNO4. The fraction of sp³-hybridized carbons (Fsp3) is 0.450. The van der Waals surface area contributed by atoms with Gasteiger partial charge in [0, 0.05) is 28.4 Å². The number of hydrogen-bond donors (Lipinski definition) is 1. The van der Waals surface area contributed by atoms with E-state index in [0.717, 1.165) is 31.4 Å². The largest absolute Gasteiger partial charge is 0.454 e. The first-order valence-corrected chi connectivity index (χ1v) is 9.49. The van der Waals surface area contributed by atoms with Gasteiger partial charge in [-0.1, -0.05) is 43.5 Å². The lowest BCUT2D eigenvalue weighted by Gasteiger charge is -2.24. The minimum atomic E-state index is -1.78. The maximum absolute atomic E-state index is 13.3. The number of hydrogen-bond acceptors (Lipinski definition) is 4. The van der Waals surface area contributed by atoms with E-state index in [2.05, 4.69) is 6.92 Å². The normalized spacial score (nSPS) is 24.2. The molecule has 26 heavy (non-hydrogen) atoms. The summed E-state index contributed by atoms with van der Waals surface area (Å²) in [6, 6.07) is 5.12. The summed E-state index contributed by atoms with van der Waals surface area (Å²) >= 11 is 6.51. The molecule has 2 heterocycles. The van der Waals surface area contributed by atoms with Crippen molar-refractivity contribution in [1.29, 1.82) is 0 Å². The van der Waals surface area contributed by atoms with E-state index in [1.807, 2.05) is 6.08 Å². The SMILES string of the molecule is CCCCCN1C(=O)C(O)(c2ccc3c(c2)OCO3)C2=C(Cl)CCC=C21. The van der Waals surface area contributed by atoms with Crippen molar-refractivity contribution in [3.63, 3.8) is 0 Å². The molecule has 1 saturated heterocycles. The van der Waals surface area contributed by atoms with E-state index in [1.165, 1.54) is 0 Å². The summed E-state index contributed by atoms with van der Waals surface area (Å²) in [7, 11) is 0. The average molecular weight is 376 g/mol. The zero-order valence-corrected chi connectivity index (χ0v) is 15.5. The minimum absolute atomic E-state index is 0.142. The van der Waals surface area contributed by atoms with Gasteiger partial charge in [0.05, 0.1) is 0 Å². The van der Waals surface area contributed by atoms with Crippen LogP contribution in [0.15, 0.2) is 40.6 Å². The highest BCUT2D eigenvalue weighted by Gasteiger charge is 2.55. The van der Waals surface area contributed by atoms with Crippen LogP contribution in [-0.2, 0) is 10.4 Å². The number of fused-ring (bicyclic) bond motifs is 2. The molecule has 0 bridgehead atoms. The second-order valence-electron chi connectivity index (χ2n) is 6.85. The van der Waals surface area contributed by atoms with Gasteiger partial charge >= 0.3 is 0 Å². The van der Waals surface area contributed by atoms with Crippen molar-refractivity contribution in [2.24, 2.45) is 0 Å². The number of rotatable bonds is 5. The Morgan fingerprint density at radius 2 is 2.08 bits per heavy atom. The zero-order valence-electron chi connectivity index (χ0n) is 14.8. The Morgan fingerprint density at radius 3 is 2.88 bits per heavy atom. The van der Waals surface area contributed by atoms with Crippen molar-refractivity contribution in [1.82, 2.24) is 4.90 Å². The Bertz CT molecular complexity index is 816. The van der Waals surface area contributed by atoms with E-state index in [0.29, 0.717) is 40.6 Å². The van der Waals surface area contributed by atoms with Crippen LogP contribution in [0.3, 0.4) is 0 Å². The second-order valence-corrected chi connectivity index (χ2v) is 7.31.